The summed E-state index contributed by atoms with van der Waals surface area (Å²) >= 11 is 0. The monoisotopic (exact) mass is 430 g/mol. The van der Waals surface area contributed by atoms with Gasteiger partial charge in [0.15, 0.2) is 0 Å². The number of nitriles is 1. The number of aromatic amines is 1. The van der Waals surface area contributed by atoms with E-state index in [4.69, 9.17) is 5.26 Å². The van der Waals surface area contributed by atoms with E-state index in [2.05, 4.69) is 31.2 Å². The lowest BCUT2D eigenvalue weighted by Crippen LogP contribution is -2.50. The van der Waals surface area contributed by atoms with Crippen LogP contribution in [0, 0.1) is 22.7 Å². The van der Waals surface area contributed by atoms with E-state index in [1.54, 1.807) is 30.6 Å². The van der Waals surface area contributed by atoms with E-state index in [0.717, 1.165) is 49.2 Å². The minimum atomic E-state index is -0.829. The molecule has 1 spiro atoms. The average Bonchev–Trinajstić information content (AvgIpc) is 3.39. The summed E-state index contributed by atoms with van der Waals surface area (Å²) in [5, 5.41) is 23.7. The molecule has 0 radical (unpaired) electrons. The Hall–Kier alpha value is -3.44. The standard InChI is InChI=1S/C24H26N6O2/c1-15(20(31)17-4-2-16(12-25)3-5-17)29-23(32)19-7-11-30(13-24(19)8-9-24)22-18-6-10-26-21(18)27-14-28-22/h2-6,10,14-15,19-20,31H,7-9,11,13H2,1H3,(H,29,32)(H,26,27,28)/t15?,19-,20?/m1/s1. The summed E-state index contributed by atoms with van der Waals surface area (Å²) < 4.78 is 0. The van der Waals surface area contributed by atoms with Crippen molar-refractivity contribution in [2.75, 3.05) is 18.0 Å². The Morgan fingerprint density at radius 3 is 2.81 bits per heavy atom. The largest absolute Gasteiger partial charge is 0.386 e. The third kappa shape index (κ3) is 3.59. The second-order valence-electron chi connectivity index (χ2n) is 9.04. The van der Waals surface area contributed by atoms with Crippen LogP contribution in [0.1, 0.15) is 43.4 Å². The molecule has 3 N–H and O–H groups in total. The van der Waals surface area contributed by atoms with Gasteiger partial charge in [-0.2, -0.15) is 5.26 Å². The lowest BCUT2D eigenvalue weighted by molar-refractivity contribution is -0.129. The number of hydrogen-bond donors (Lipinski definition) is 3. The number of anilines is 1. The van der Waals surface area contributed by atoms with Crippen molar-refractivity contribution in [2.45, 2.75) is 38.3 Å². The van der Waals surface area contributed by atoms with Crippen LogP contribution in [0.4, 0.5) is 5.82 Å². The van der Waals surface area contributed by atoms with Gasteiger partial charge in [0.2, 0.25) is 5.91 Å². The Morgan fingerprint density at radius 1 is 1.31 bits per heavy atom. The van der Waals surface area contributed by atoms with Gasteiger partial charge in [-0.25, -0.2) is 9.97 Å². The summed E-state index contributed by atoms with van der Waals surface area (Å²) in [4.78, 5) is 27.4. The number of nitrogens with one attached hydrogen (secondary N) is 2. The van der Waals surface area contributed by atoms with Gasteiger partial charge in [0, 0.05) is 25.2 Å². The predicted octanol–water partition coefficient (Wildman–Crippen LogP) is 2.67. The van der Waals surface area contributed by atoms with Crippen molar-refractivity contribution >= 4 is 22.8 Å². The van der Waals surface area contributed by atoms with Gasteiger partial charge < -0.3 is 20.3 Å². The maximum absolute atomic E-state index is 13.2. The fourth-order valence-corrected chi connectivity index (χ4v) is 4.98. The maximum Gasteiger partial charge on any atom is 0.224 e. The van der Waals surface area contributed by atoms with Crippen LogP contribution in [-0.4, -0.2) is 45.1 Å². The van der Waals surface area contributed by atoms with Crippen LogP contribution in [0.5, 0.6) is 0 Å². The summed E-state index contributed by atoms with van der Waals surface area (Å²) in [6.45, 7) is 3.37. The van der Waals surface area contributed by atoms with E-state index in [0.29, 0.717) is 11.1 Å². The zero-order chi connectivity index (χ0) is 22.3. The number of amides is 1. The summed E-state index contributed by atoms with van der Waals surface area (Å²) in [6.07, 6.45) is 5.42. The molecule has 164 valence electrons. The number of benzene rings is 1. The molecule has 1 aliphatic carbocycles. The molecule has 1 aromatic carbocycles. The topological polar surface area (TPSA) is 118 Å². The summed E-state index contributed by atoms with van der Waals surface area (Å²) in [6, 6.07) is 10.5. The van der Waals surface area contributed by atoms with Gasteiger partial charge in [-0.15, -0.1) is 0 Å². The summed E-state index contributed by atoms with van der Waals surface area (Å²) in [5.74, 6) is 0.862. The Kier molecular flexibility index (Phi) is 5.06. The number of carbonyl (C=O) groups excluding carboxylic acids is 1. The molecule has 32 heavy (non-hydrogen) atoms. The van der Waals surface area contributed by atoms with Crippen LogP contribution in [0.3, 0.4) is 0 Å². The van der Waals surface area contributed by atoms with Crippen molar-refractivity contribution in [2.24, 2.45) is 11.3 Å². The molecule has 2 fully saturated rings. The van der Waals surface area contributed by atoms with Gasteiger partial charge in [-0.1, -0.05) is 12.1 Å². The van der Waals surface area contributed by atoms with E-state index < -0.39 is 12.1 Å². The summed E-state index contributed by atoms with van der Waals surface area (Å²) in [7, 11) is 0. The smallest absolute Gasteiger partial charge is 0.224 e. The number of rotatable bonds is 5. The van der Waals surface area contributed by atoms with Gasteiger partial charge in [-0.3, -0.25) is 4.79 Å². The van der Waals surface area contributed by atoms with Crippen LogP contribution in [0.15, 0.2) is 42.9 Å². The second kappa shape index (κ2) is 7.92. The molecule has 1 aliphatic heterocycles. The number of carbonyl (C=O) groups is 1. The molecule has 8 nitrogen and oxygen atoms in total. The fraction of sp³-hybridized carbons (Fsp3) is 0.417. The first kappa shape index (κ1) is 20.5. The van der Waals surface area contributed by atoms with Crippen molar-refractivity contribution in [3.63, 3.8) is 0 Å². The molecule has 2 aromatic heterocycles. The van der Waals surface area contributed by atoms with Crippen LogP contribution in [-0.2, 0) is 4.79 Å². The van der Waals surface area contributed by atoms with Crippen molar-refractivity contribution in [3.8, 4) is 6.07 Å². The van der Waals surface area contributed by atoms with E-state index >= 15 is 0 Å². The van der Waals surface area contributed by atoms with Gasteiger partial charge >= 0.3 is 0 Å². The van der Waals surface area contributed by atoms with Crippen LogP contribution < -0.4 is 10.2 Å². The quantitative estimate of drug-likeness (QED) is 0.573. The first-order chi connectivity index (χ1) is 15.5. The van der Waals surface area contributed by atoms with E-state index in [1.807, 2.05) is 19.2 Å². The number of aliphatic hydroxyl groups is 1. The summed E-state index contributed by atoms with van der Waals surface area (Å²) in [5.41, 5.74) is 2.02. The maximum atomic E-state index is 13.2. The van der Waals surface area contributed by atoms with E-state index in [1.165, 1.54) is 0 Å². The number of aromatic nitrogens is 3. The minimum Gasteiger partial charge on any atom is -0.386 e. The highest BCUT2D eigenvalue weighted by atomic mass is 16.3. The van der Waals surface area contributed by atoms with Crippen LogP contribution in [0.25, 0.3) is 11.0 Å². The van der Waals surface area contributed by atoms with Crippen molar-refractivity contribution in [1.29, 1.82) is 5.26 Å². The molecule has 5 rings (SSSR count). The lowest BCUT2D eigenvalue weighted by Gasteiger charge is -2.39. The van der Waals surface area contributed by atoms with E-state index in [9.17, 15) is 9.90 Å². The number of aliphatic hydroxyl groups excluding tert-OH is 1. The Balaban J connectivity index is 1.26. The molecular formula is C24H26N6O2. The third-order valence-corrected chi connectivity index (χ3v) is 7.00. The molecule has 3 atom stereocenters. The molecule has 1 saturated carbocycles. The van der Waals surface area contributed by atoms with Gasteiger partial charge in [-0.05, 0) is 55.4 Å². The normalized spacial score (nSPS) is 21.2. The molecule has 2 aliphatic rings. The molecule has 3 aromatic rings. The zero-order valence-corrected chi connectivity index (χ0v) is 18.0. The van der Waals surface area contributed by atoms with E-state index in [-0.39, 0.29) is 17.2 Å². The minimum absolute atomic E-state index is 0.0109. The third-order valence-electron chi connectivity index (χ3n) is 7.00. The first-order valence-corrected chi connectivity index (χ1v) is 11.0. The number of nitrogens with zero attached hydrogens (tertiary/aromatic N) is 4. The first-order valence-electron chi connectivity index (χ1n) is 11.0. The second-order valence-corrected chi connectivity index (χ2v) is 9.04. The highest BCUT2D eigenvalue weighted by molar-refractivity contribution is 5.87. The lowest BCUT2D eigenvalue weighted by atomic mass is 9.81. The molecule has 8 heteroatoms. The molecule has 3 heterocycles. The average molecular weight is 431 g/mol. The Bertz CT molecular complexity index is 1180. The van der Waals surface area contributed by atoms with Crippen LogP contribution in [0.2, 0.25) is 0 Å². The van der Waals surface area contributed by atoms with Gasteiger partial charge in [0.05, 0.1) is 29.2 Å². The SMILES string of the molecule is CC(NC(=O)[C@H]1CCN(c2ncnc3[nH]ccc23)CC12CC2)C(O)c1ccc(C#N)cc1. The van der Waals surface area contributed by atoms with Gasteiger partial charge in [0.25, 0.3) is 0 Å². The number of hydrogen-bond acceptors (Lipinski definition) is 6. The van der Waals surface area contributed by atoms with Crippen LogP contribution >= 0.6 is 0 Å². The zero-order valence-electron chi connectivity index (χ0n) is 18.0. The van der Waals surface area contributed by atoms with Gasteiger partial charge in [0.1, 0.15) is 17.8 Å². The predicted molar refractivity (Wildman–Crippen MR) is 120 cm³/mol. The fourth-order valence-electron chi connectivity index (χ4n) is 4.98. The van der Waals surface area contributed by atoms with Crippen molar-refractivity contribution < 1.29 is 9.90 Å². The Morgan fingerprint density at radius 2 is 2.09 bits per heavy atom. The van der Waals surface area contributed by atoms with Crippen molar-refractivity contribution in [3.05, 3.63) is 54.0 Å². The number of piperidine rings is 1. The molecule has 0 bridgehead atoms. The number of fused-ring (bicyclic) bond motifs is 1. The molecule has 1 amide bonds. The highest BCUT2D eigenvalue weighted by Crippen LogP contribution is 2.56. The molecule has 1 saturated heterocycles. The highest BCUT2D eigenvalue weighted by Gasteiger charge is 2.55. The number of H-pyrrole nitrogens is 1. The molecular weight excluding hydrogens is 404 g/mol. The Labute approximate surface area is 186 Å². The van der Waals surface area contributed by atoms with Crippen molar-refractivity contribution in [1.82, 2.24) is 20.3 Å². The molecule has 2 unspecified atom stereocenters.